The van der Waals surface area contributed by atoms with E-state index in [1.165, 1.54) is 17.8 Å². The van der Waals surface area contributed by atoms with Crippen molar-refractivity contribution in [3.8, 4) is 0 Å². The summed E-state index contributed by atoms with van der Waals surface area (Å²) >= 11 is 1.59. The van der Waals surface area contributed by atoms with Gasteiger partial charge in [-0.15, -0.1) is 11.3 Å². The summed E-state index contributed by atoms with van der Waals surface area (Å²) in [6.45, 7) is 1.28. The number of amides is 1. The molecular weight excluding hydrogens is 373 g/mol. The molecule has 3 heterocycles. The second kappa shape index (κ2) is 8.29. The topological polar surface area (TPSA) is 37.3 Å². The summed E-state index contributed by atoms with van der Waals surface area (Å²) in [6.07, 6.45) is 4.21. The molecule has 0 aliphatic carbocycles. The van der Waals surface area contributed by atoms with Gasteiger partial charge in [0.1, 0.15) is 5.82 Å². The van der Waals surface area contributed by atoms with Gasteiger partial charge in [0.05, 0.1) is 18.6 Å². The molecule has 28 heavy (non-hydrogen) atoms. The number of carbonyl (C=O) groups excluding carboxylic acids is 1. The molecule has 146 valence electrons. The van der Waals surface area contributed by atoms with E-state index in [9.17, 15) is 9.18 Å². The van der Waals surface area contributed by atoms with Crippen molar-refractivity contribution in [2.45, 2.75) is 24.9 Å². The van der Waals surface area contributed by atoms with Crippen LogP contribution in [-0.2, 0) is 11.8 Å². The quantitative estimate of drug-likeness (QED) is 0.675. The van der Waals surface area contributed by atoms with Gasteiger partial charge in [0.25, 0.3) is 0 Å². The molecule has 1 aromatic carbocycles. The SMILES string of the molecule is Cn1cccc1[C@H]1CCCN1CC(=O)N[C@@H](c1ccc(F)cc1)c1cccs1. The number of aryl methyl sites for hydroxylation is 1. The van der Waals surface area contributed by atoms with Gasteiger partial charge in [-0.25, -0.2) is 4.39 Å². The van der Waals surface area contributed by atoms with Crippen LogP contribution in [0.5, 0.6) is 0 Å². The third-order valence-electron chi connectivity index (χ3n) is 5.37. The number of hydrogen-bond acceptors (Lipinski definition) is 3. The van der Waals surface area contributed by atoms with Crippen LogP contribution < -0.4 is 5.32 Å². The van der Waals surface area contributed by atoms with E-state index >= 15 is 0 Å². The summed E-state index contributed by atoms with van der Waals surface area (Å²) in [5.41, 5.74) is 2.14. The summed E-state index contributed by atoms with van der Waals surface area (Å²) in [5, 5.41) is 5.15. The Balaban J connectivity index is 1.49. The molecule has 0 bridgehead atoms. The number of likely N-dealkylation sites (tertiary alicyclic amines) is 1. The fourth-order valence-electron chi connectivity index (χ4n) is 3.99. The molecule has 6 heteroatoms. The predicted molar refractivity (Wildman–Crippen MR) is 110 cm³/mol. The van der Waals surface area contributed by atoms with Crippen molar-refractivity contribution in [2.24, 2.45) is 7.05 Å². The van der Waals surface area contributed by atoms with Crippen molar-refractivity contribution in [1.29, 1.82) is 0 Å². The summed E-state index contributed by atoms with van der Waals surface area (Å²) in [6, 6.07) is 14.5. The molecule has 1 fully saturated rings. The second-order valence-corrected chi connectivity index (χ2v) is 8.22. The summed E-state index contributed by atoms with van der Waals surface area (Å²) in [7, 11) is 2.05. The number of hydrogen-bond donors (Lipinski definition) is 1. The molecule has 2 aromatic heterocycles. The van der Waals surface area contributed by atoms with Crippen LogP contribution in [0.2, 0.25) is 0 Å². The van der Waals surface area contributed by atoms with Gasteiger partial charge < -0.3 is 9.88 Å². The second-order valence-electron chi connectivity index (χ2n) is 7.24. The van der Waals surface area contributed by atoms with E-state index in [4.69, 9.17) is 0 Å². The molecule has 1 aliphatic rings. The zero-order valence-electron chi connectivity index (χ0n) is 15.8. The molecule has 0 spiro atoms. The average molecular weight is 398 g/mol. The van der Waals surface area contributed by atoms with E-state index in [0.717, 1.165) is 29.8 Å². The van der Waals surface area contributed by atoms with Crippen molar-refractivity contribution >= 4 is 17.2 Å². The number of nitrogens with one attached hydrogen (secondary N) is 1. The zero-order valence-corrected chi connectivity index (χ0v) is 16.7. The van der Waals surface area contributed by atoms with Crippen LogP contribution in [0.4, 0.5) is 4.39 Å². The Morgan fingerprint density at radius 1 is 1.25 bits per heavy atom. The summed E-state index contributed by atoms with van der Waals surface area (Å²) in [5.74, 6) is -0.286. The van der Waals surface area contributed by atoms with E-state index in [1.54, 1.807) is 23.5 Å². The van der Waals surface area contributed by atoms with E-state index < -0.39 is 0 Å². The van der Waals surface area contributed by atoms with Gasteiger partial charge in [-0.2, -0.15) is 0 Å². The van der Waals surface area contributed by atoms with Crippen molar-refractivity contribution in [2.75, 3.05) is 13.1 Å². The first-order valence-corrected chi connectivity index (χ1v) is 10.4. The minimum Gasteiger partial charge on any atom is -0.353 e. The molecule has 1 saturated heterocycles. The van der Waals surface area contributed by atoms with E-state index in [-0.39, 0.29) is 23.8 Å². The van der Waals surface area contributed by atoms with Crippen molar-refractivity contribution in [3.63, 3.8) is 0 Å². The highest BCUT2D eigenvalue weighted by molar-refractivity contribution is 7.10. The number of rotatable bonds is 6. The summed E-state index contributed by atoms with van der Waals surface area (Å²) < 4.78 is 15.5. The molecule has 3 aromatic rings. The fraction of sp³-hybridized carbons (Fsp3) is 0.318. The van der Waals surface area contributed by atoms with E-state index in [1.807, 2.05) is 36.8 Å². The number of nitrogens with zero attached hydrogens (tertiary/aromatic N) is 2. The third kappa shape index (κ3) is 4.03. The van der Waals surface area contributed by atoms with Crippen molar-refractivity contribution in [1.82, 2.24) is 14.8 Å². The van der Waals surface area contributed by atoms with Crippen LogP contribution in [-0.4, -0.2) is 28.5 Å². The van der Waals surface area contributed by atoms with Crippen LogP contribution in [0.25, 0.3) is 0 Å². The monoisotopic (exact) mass is 397 g/mol. The summed E-state index contributed by atoms with van der Waals surface area (Å²) in [4.78, 5) is 16.2. The fourth-order valence-corrected chi connectivity index (χ4v) is 4.79. The number of halogens is 1. The van der Waals surface area contributed by atoms with Gasteiger partial charge in [-0.05, 0) is 60.7 Å². The number of thiophene rings is 1. The molecular formula is C22H24FN3OS. The minimum absolute atomic E-state index is 0.0103. The Kier molecular flexibility index (Phi) is 5.59. The van der Waals surface area contributed by atoms with Gasteiger partial charge in [-0.3, -0.25) is 9.69 Å². The standard InChI is InChI=1S/C22H24FN3OS/c1-25-12-2-5-18(25)19-6-3-13-26(19)15-21(27)24-22(20-7-4-14-28-20)16-8-10-17(23)11-9-16/h2,4-5,7-12,14,19,22H,3,6,13,15H2,1H3,(H,24,27)/t19-,22+/m1/s1. The molecule has 1 aliphatic heterocycles. The highest BCUT2D eigenvalue weighted by Crippen LogP contribution is 2.32. The Morgan fingerprint density at radius 2 is 2.07 bits per heavy atom. The van der Waals surface area contributed by atoms with E-state index in [2.05, 4.69) is 20.9 Å². The van der Waals surface area contributed by atoms with Crippen LogP contribution in [0.15, 0.2) is 60.1 Å². The molecule has 4 nitrogen and oxygen atoms in total. The number of benzene rings is 1. The predicted octanol–water partition coefficient (Wildman–Crippen LogP) is 4.27. The Bertz CT molecular complexity index is 920. The lowest BCUT2D eigenvalue weighted by molar-refractivity contribution is -0.123. The maximum atomic E-state index is 13.3. The van der Waals surface area contributed by atoms with Crippen molar-refractivity contribution in [3.05, 3.63) is 82.1 Å². The zero-order chi connectivity index (χ0) is 19.5. The maximum absolute atomic E-state index is 13.3. The molecule has 0 saturated carbocycles. The molecule has 1 amide bonds. The Labute approximate surface area is 168 Å². The first-order chi connectivity index (χ1) is 13.6. The lowest BCUT2D eigenvalue weighted by Crippen LogP contribution is -2.39. The maximum Gasteiger partial charge on any atom is 0.234 e. The molecule has 4 rings (SSSR count). The number of carbonyl (C=O) groups is 1. The van der Waals surface area contributed by atoms with Gasteiger partial charge in [-0.1, -0.05) is 18.2 Å². The average Bonchev–Trinajstić information content (AvgIpc) is 3.42. The highest BCUT2D eigenvalue weighted by Gasteiger charge is 2.29. The molecule has 0 radical (unpaired) electrons. The van der Waals surface area contributed by atoms with Crippen LogP contribution >= 0.6 is 11.3 Å². The van der Waals surface area contributed by atoms with Crippen LogP contribution in [0, 0.1) is 5.82 Å². The van der Waals surface area contributed by atoms with Gasteiger partial charge >= 0.3 is 0 Å². The van der Waals surface area contributed by atoms with Crippen molar-refractivity contribution < 1.29 is 9.18 Å². The normalized spacial score (nSPS) is 18.3. The lowest BCUT2D eigenvalue weighted by Gasteiger charge is -2.26. The first-order valence-electron chi connectivity index (χ1n) is 9.55. The lowest BCUT2D eigenvalue weighted by atomic mass is 10.1. The Hall–Kier alpha value is -2.44. The number of aromatic nitrogens is 1. The van der Waals surface area contributed by atoms with Gasteiger partial charge in [0, 0.05) is 23.8 Å². The molecule has 2 atom stereocenters. The Morgan fingerprint density at radius 3 is 2.75 bits per heavy atom. The first kappa shape index (κ1) is 18.9. The highest BCUT2D eigenvalue weighted by atomic mass is 32.1. The van der Waals surface area contributed by atoms with Gasteiger partial charge in [0.2, 0.25) is 5.91 Å². The largest absolute Gasteiger partial charge is 0.353 e. The minimum atomic E-state index is -0.275. The molecule has 0 unspecified atom stereocenters. The van der Waals surface area contributed by atoms with Crippen LogP contribution in [0.1, 0.15) is 41.1 Å². The smallest absolute Gasteiger partial charge is 0.234 e. The molecule has 1 N–H and O–H groups in total. The third-order valence-corrected chi connectivity index (χ3v) is 6.31. The van der Waals surface area contributed by atoms with Crippen LogP contribution in [0.3, 0.4) is 0 Å². The van der Waals surface area contributed by atoms with E-state index in [0.29, 0.717) is 6.54 Å². The van der Waals surface area contributed by atoms with Gasteiger partial charge in [0.15, 0.2) is 0 Å².